The van der Waals surface area contributed by atoms with E-state index in [-0.39, 0.29) is 0 Å². The molecule has 0 atom stereocenters. The molecule has 20 heavy (non-hydrogen) atoms. The molecule has 0 aliphatic heterocycles. The zero-order chi connectivity index (χ0) is 14.2. The number of benzene rings is 1. The Hall–Kier alpha value is -1.43. The first-order valence-electron chi connectivity index (χ1n) is 6.89. The Morgan fingerprint density at radius 3 is 2.85 bits per heavy atom. The van der Waals surface area contributed by atoms with Gasteiger partial charge in [0.2, 0.25) is 0 Å². The number of hydrogen-bond acceptors (Lipinski definition) is 4. The second kappa shape index (κ2) is 5.16. The molecule has 0 unspecified atom stereocenters. The zero-order valence-corrected chi connectivity index (χ0v) is 13.1. The van der Waals surface area contributed by atoms with E-state index in [9.17, 15) is 0 Å². The Morgan fingerprint density at radius 2 is 2.10 bits per heavy atom. The van der Waals surface area contributed by atoms with Crippen LogP contribution >= 0.6 is 15.9 Å². The van der Waals surface area contributed by atoms with Crippen LogP contribution in [0.4, 0.5) is 5.69 Å². The molecule has 0 radical (unpaired) electrons. The maximum atomic E-state index is 5.87. The van der Waals surface area contributed by atoms with Crippen molar-refractivity contribution in [2.45, 2.75) is 39.2 Å². The summed E-state index contributed by atoms with van der Waals surface area (Å²) in [5.74, 6) is 0.775. The van der Waals surface area contributed by atoms with Gasteiger partial charge in [0.25, 0.3) is 0 Å². The number of rotatable bonds is 3. The topological polar surface area (TPSA) is 69.6 Å². The third-order valence-corrected chi connectivity index (χ3v) is 4.80. The number of nitrogens with zero attached hydrogens (tertiary/aromatic N) is 4. The molecule has 1 saturated carbocycles. The number of aromatic nitrogens is 4. The highest BCUT2D eigenvalue weighted by Crippen LogP contribution is 2.39. The summed E-state index contributed by atoms with van der Waals surface area (Å²) in [4.78, 5) is 0. The minimum absolute atomic E-state index is 0.303. The Kier molecular flexibility index (Phi) is 3.50. The van der Waals surface area contributed by atoms with Gasteiger partial charge in [0.05, 0.1) is 6.54 Å². The van der Waals surface area contributed by atoms with E-state index in [1.807, 2.05) is 22.9 Å². The van der Waals surface area contributed by atoms with Crippen LogP contribution in [0.25, 0.3) is 11.4 Å². The molecule has 1 aromatic heterocycles. The highest BCUT2D eigenvalue weighted by Gasteiger charge is 2.30. The second-order valence-corrected chi connectivity index (χ2v) is 6.77. The van der Waals surface area contributed by atoms with Gasteiger partial charge in [-0.15, -0.1) is 5.10 Å². The maximum Gasteiger partial charge on any atom is 0.183 e. The third kappa shape index (κ3) is 2.57. The van der Waals surface area contributed by atoms with E-state index in [1.165, 1.54) is 25.7 Å². The Balaban J connectivity index is 1.95. The van der Waals surface area contributed by atoms with Gasteiger partial charge in [0.1, 0.15) is 0 Å². The zero-order valence-electron chi connectivity index (χ0n) is 11.5. The molecule has 6 heteroatoms. The van der Waals surface area contributed by atoms with Crippen LogP contribution in [-0.4, -0.2) is 20.2 Å². The lowest BCUT2D eigenvalue weighted by Gasteiger charge is -2.23. The van der Waals surface area contributed by atoms with Gasteiger partial charge in [0, 0.05) is 15.7 Å². The summed E-state index contributed by atoms with van der Waals surface area (Å²) in [7, 11) is 0. The van der Waals surface area contributed by atoms with E-state index in [1.54, 1.807) is 0 Å². The number of anilines is 1. The summed E-state index contributed by atoms with van der Waals surface area (Å²) >= 11 is 3.55. The summed E-state index contributed by atoms with van der Waals surface area (Å²) in [6, 6.07) is 5.70. The van der Waals surface area contributed by atoms with Crippen molar-refractivity contribution >= 4 is 21.6 Å². The summed E-state index contributed by atoms with van der Waals surface area (Å²) < 4.78 is 2.87. The normalized spacial score (nSPS) is 17.5. The first-order chi connectivity index (χ1) is 9.57. The van der Waals surface area contributed by atoms with E-state index in [0.29, 0.717) is 11.1 Å². The van der Waals surface area contributed by atoms with Crippen LogP contribution in [0.15, 0.2) is 22.7 Å². The molecule has 2 N–H and O–H groups in total. The summed E-state index contributed by atoms with van der Waals surface area (Å²) in [5.41, 5.74) is 7.83. The molecule has 1 heterocycles. The molecule has 2 aromatic rings. The van der Waals surface area contributed by atoms with Crippen LogP contribution in [0.3, 0.4) is 0 Å². The van der Waals surface area contributed by atoms with Gasteiger partial charge < -0.3 is 5.73 Å². The Morgan fingerprint density at radius 1 is 1.35 bits per heavy atom. The fourth-order valence-corrected chi connectivity index (χ4v) is 3.39. The molecular weight excluding hydrogens is 318 g/mol. The SMILES string of the molecule is CC1(Cn2nnnc2-c2cc(N)ccc2Br)CCCC1. The molecule has 1 aliphatic carbocycles. The summed E-state index contributed by atoms with van der Waals surface area (Å²) in [6.07, 6.45) is 5.08. The summed E-state index contributed by atoms with van der Waals surface area (Å²) in [6.45, 7) is 3.18. The van der Waals surface area contributed by atoms with Crippen molar-refractivity contribution in [2.24, 2.45) is 5.41 Å². The average Bonchev–Trinajstić information content (AvgIpc) is 3.02. The first kappa shape index (κ1) is 13.5. The molecule has 5 nitrogen and oxygen atoms in total. The molecule has 0 spiro atoms. The van der Waals surface area contributed by atoms with Crippen molar-refractivity contribution in [3.8, 4) is 11.4 Å². The molecule has 1 fully saturated rings. The quantitative estimate of drug-likeness (QED) is 0.874. The molecule has 0 amide bonds. The van der Waals surface area contributed by atoms with Crippen LogP contribution in [0.5, 0.6) is 0 Å². The highest BCUT2D eigenvalue weighted by molar-refractivity contribution is 9.10. The predicted molar refractivity (Wildman–Crippen MR) is 81.9 cm³/mol. The van der Waals surface area contributed by atoms with Gasteiger partial charge in [-0.25, -0.2) is 4.68 Å². The summed E-state index contributed by atoms with van der Waals surface area (Å²) in [5, 5.41) is 12.2. The lowest BCUT2D eigenvalue weighted by molar-refractivity contribution is 0.267. The van der Waals surface area contributed by atoms with Crippen molar-refractivity contribution in [1.29, 1.82) is 0 Å². The van der Waals surface area contributed by atoms with Gasteiger partial charge in [-0.2, -0.15) is 0 Å². The maximum absolute atomic E-state index is 5.87. The van der Waals surface area contributed by atoms with Crippen molar-refractivity contribution in [3.05, 3.63) is 22.7 Å². The first-order valence-corrected chi connectivity index (χ1v) is 7.68. The van der Waals surface area contributed by atoms with Crippen LogP contribution in [0.2, 0.25) is 0 Å². The fraction of sp³-hybridized carbons (Fsp3) is 0.500. The third-order valence-electron chi connectivity index (χ3n) is 4.11. The fourth-order valence-electron chi connectivity index (χ4n) is 2.97. The van der Waals surface area contributed by atoms with Crippen molar-refractivity contribution in [3.63, 3.8) is 0 Å². The lowest BCUT2D eigenvalue weighted by atomic mass is 9.89. The molecule has 1 aliphatic rings. The number of tetrazole rings is 1. The second-order valence-electron chi connectivity index (χ2n) is 5.92. The number of hydrogen-bond donors (Lipinski definition) is 1. The smallest absolute Gasteiger partial charge is 0.183 e. The molecule has 1 aromatic carbocycles. The molecule has 0 saturated heterocycles. The minimum Gasteiger partial charge on any atom is -0.399 e. The number of nitrogens with two attached hydrogens (primary N) is 1. The van der Waals surface area contributed by atoms with E-state index >= 15 is 0 Å². The van der Waals surface area contributed by atoms with Gasteiger partial charge in [-0.1, -0.05) is 35.7 Å². The lowest BCUT2D eigenvalue weighted by Crippen LogP contribution is -2.21. The average molecular weight is 336 g/mol. The van der Waals surface area contributed by atoms with Crippen molar-refractivity contribution in [1.82, 2.24) is 20.2 Å². The minimum atomic E-state index is 0.303. The number of halogens is 1. The van der Waals surface area contributed by atoms with Gasteiger partial charge in [-0.05, 0) is 46.9 Å². The molecule has 3 rings (SSSR count). The molecule has 0 bridgehead atoms. The molecular formula is C14H18BrN5. The van der Waals surface area contributed by atoms with E-state index in [0.717, 1.165) is 22.4 Å². The van der Waals surface area contributed by atoms with Crippen LogP contribution in [0.1, 0.15) is 32.6 Å². The van der Waals surface area contributed by atoms with Gasteiger partial charge in [-0.3, -0.25) is 0 Å². The van der Waals surface area contributed by atoms with E-state index in [2.05, 4.69) is 38.4 Å². The predicted octanol–water partition coefficient (Wildman–Crippen LogP) is 3.27. The number of nitrogen functional groups attached to an aromatic ring is 1. The van der Waals surface area contributed by atoms with Crippen molar-refractivity contribution in [2.75, 3.05) is 5.73 Å². The van der Waals surface area contributed by atoms with Gasteiger partial charge >= 0.3 is 0 Å². The highest BCUT2D eigenvalue weighted by atomic mass is 79.9. The van der Waals surface area contributed by atoms with Crippen LogP contribution in [0, 0.1) is 5.41 Å². The Labute approximate surface area is 126 Å². The largest absolute Gasteiger partial charge is 0.399 e. The van der Waals surface area contributed by atoms with Crippen LogP contribution in [-0.2, 0) is 6.54 Å². The molecule has 106 valence electrons. The Bertz CT molecular complexity index is 616. The van der Waals surface area contributed by atoms with Crippen molar-refractivity contribution < 1.29 is 0 Å². The van der Waals surface area contributed by atoms with E-state index < -0.39 is 0 Å². The van der Waals surface area contributed by atoms with Crippen LogP contribution < -0.4 is 5.73 Å². The monoisotopic (exact) mass is 335 g/mol. The van der Waals surface area contributed by atoms with E-state index in [4.69, 9.17) is 5.73 Å². The van der Waals surface area contributed by atoms with Gasteiger partial charge in [0.15, 0.2) is 5.82 Å². The standard InChI is InChI=1S/C14H18BrN5/c1-14(6-2-3-7-14)9-20-13(17-18-19-20)11-8-10(16)4-5-12(11)15/h4-5,8H,2-3,6-7,9,16H2,1H3.